The number of nitrogens with zero attached hydrogens (tertiary/aromatic N) is 1. The number of allylic oxidation sites excluding steroid dienone is 4. The van der Waals surface area contributed by atoms with Crippen molar-refractivity contribution in [1.29, 1.82) is 0 Å². The summed E-state index contributed by atoms with van der Waals surface area (Å²) >= 11 is -0.275. The van der Waals surface area contributed by atoms with Crippen LogP contribution in [-0.2, 0) is 23.5 Å². The fraction of sp³-hybridized carbons (Fsp3) is 0.429. The minimum atomic E-state index is -0.275. The third-order valence-corrected chi connectivity index (χ3v) is 4.10. The zero-order valence-corrected chi connectivity index (χ0v) is 8.29. The quantitative estimate of drug-likeness (QED) is 0.652. The molecule has 0 fully saturated rings. The molecule has 1 nitrogen and oxygen atoms in total. The second-order valence-corrected chi connectivity index (χ2v) is 6.79. The molecule has 0 saturated heterocycles. The summed E-state index contributed by atoms with van der Waals surface area (Å²) < 4.78 is 3.19. The fourth-order valence-corrected chi connectivity index (χ4v) is 3.25. The van der Waals surface area contributed by atoms with Gasteiger partial charge in [0.15, 0.2) is 0 Å². The van der Waals surface area contributed by atoms with E-state index < -0.39 is 0 Å². The first-order chi connectivity index (χ1) is 4.29. The van der Waals surface area contributed by atoms with Gasteiger partial charge < -0.3 is 0 Å². The molecule has 2 heteroatoms. The van der Waals surface area contributed by atoms with E-state index in [4.69, 9.17) is 0 Å². The van der Waals surface area contributed by atoms with Gasteiger partial charge in [0.2, 0.25) is 0 Å². The van der Waals surface area contributed by atoms with Crippen LogP contribution in [0.2, 0.25) is 3.63 Å². The van der Waals surface area contributed by atoms with Crippen molar-refractivity contribution in [2.75, 3.05) is 14.1 Å². The predicted octanol–water partition coefficient (Wildman–Crippen LogP) is 1.46. The Labute approximate surface area is 68.4 Å². The molecule has 0 aromatic carbocycles. The Kier molecular flexibility index (Phi) is 2.87. The van der Waals surface area contributed by atoms with Crippen LogP contribution in [0, 0.1) is 0 Å². The molecule has 0 atom stereocenters. The Bertz CT molecular complexity index is 126. The van der Waals surface area contributed by atoms with E-state index in [2.05, 4.69) is 41.2 Å². The van der Waals surface area contributed by atoms with Gasteiger partial charge in [0.1, 0.15) is 0 Å². The molecule has 0 saturated carbocycles. The van der Waals surface area contributed by atoms with Crippen LogP contribution < -0.4 is 0 Å². The molecule has 48 valence electrons. The molecular weight excluding hydrogens is 189 g/mol. The molecule has 1 aliphatic carbocycles. The fourth-order valence-electron chi connectivity index (χ4n) is 0.816. The van der Waals surface area contributed by atoms with E-state index in [-0.39, 0.29) is 23.5 Å². The van der Waals surface area contributed by atoms with Gasteiger partial charge in [0, 0.05) is 0 Å². The van der Waals surface area contributed by atoms with E-state index in [0.717, 1.165) is 3.63 Å². The molecule has 9 heavy (non-hydrogen) atoms. The Morgan fingerprint density at radius 3 is 2.22 bits per heavy atom. The van der Waals surface area contributed by atoms with Crippen molar-refractivity contribution in [3.63, 3.8) is 0 Å². The summed E-state index contributed by atoms with van der Waals surface area (Å²) in [7, 11) is 4.35. The van der Waals surface area contributed by atoms with Crippen LogP contribution in [0.3, 0.4) is 0 Å². The average Bonchev–Trinajstić information content (AvgIpc) is 2.15. The van der Waals surface area contributed by atoms with Crippen LogP contribution in [0.25, 0.3) is 0 Å². The second kappa shape index (κ2) is 3.48. The van der Waals surface area contributed by atoms with Crippen molar-refractivity contribution in [2.45, 2.75) is 3.63 Å². The van der Waals surface area contributed by atoms with Crippen LogP contribution >= 0.6 is 0 Å². The topological polar surface area (TPSA) is 3.24 Å². The zero-order valence-electron chi connectivity index (χ0n) is 5.83. The number of hydrogen-bond donors (Lipinski definition) is 0. The van der Waals surface area contributed by atoms with Crippen molar-refractivity contribution in [1.82, 2.24) is 2.84 Å². The van der Waals surface area contributed by atoms with Gasteiger partial charge >= 0.3 is 68.4 Å². The van der Waals surface area contributed by atoms with Crippen LogP contribution in [0.4, 0.5) is 0 Å². The monoisotopic (exact) mass is 199 g/mol. The maximum absolute atomic E-state index is 2.37. The van der Waals surface area contributed by atoms with Crippen molar-refractivity contribution < 1.29 is 23.5 Å². The van der Waals surface area contributed by atoms with Crippen LogP contribution in [0.1, 0.15) is 0 Å². The summed E-state index contributed by atoms with van der Waals surface area (Å²) in [5.41, 5.74) is 0. The van der Waals surface area contributed by atoms with Crippen molar-refractivity contribution in [3.05, 3.63) is 24.3 Å². The SMILES string of the molecule is C[N](C)[Zr][CH]1C=CC=C1. The molecule has 0 heterocycles. The van der Waals surface area contributed by atoms with E-state index >= 15 is 0 Å². The Morgan fingerprint density at radius 2 is 1.78 bits per heavy atom. The van der Waals surface area contributed by atoms with Gasteiger partial charge in [0.25, 0.3) is 0 Å². The first-order valence-electron chi connectivity index (χ1n) is 3.07. The summed E-state index contributed by atoms with van der Waals surface area (Å²) in [6.45, 7) is 0. The third-order valence-electron chi connectivity index (χ3n) is 1.16. The van der Waals surface area contributed by atoms with Crippen LogP contribution in [-0.4, -0.2) is 16.9 Å². The number of rotatable bonds is 2. The molecule has 0 unspecified atom stereocenters. The first-order valence-corrected chi connectivity index (χ1v) is 5.59. The molecule has 0 aromatic rings. The van der Waals surface area contributed by atoms with Crippen molar-refractivity contribution in [2.24, 2.45) is 0 Å². The van der Waals surface area contributed by atoms with Gasteiger partial charge in [-0.2, -0.15) is 0 Å². The zero-order chi connectivity index (χ0) is 6.69. The van der Waals surface area contributed by atoms with Gasteiger partial charge in [-0.3, -0.25) is 0 Å². The number of hydrogen-bond acceptors (Lipinski definition) is 1. The summed E-state index contributed by atoms with van der Waals surface area (Å²) in [6, 6.07) is 0. The third kappa shape index (κ3) is 2.60. The van der Waals surface area contributed by atoms with Gasteiger partial charge in [0.05, 0.1) is 0 Å². The summed E-state index contributed by atoms with van der Waals surface area (Å²) in [4.78, 5) is 0. The van der Waals surface area contributed by atoms with E-state index in [0.29, 0.717) is 0 Å². The van der Waals surface area contributed by atoms with Gasteiger partial charge in [-0.1, -0.05) is 0 Å². The second-order valence-electron chi connectivity index (χ2n) is 2.32. The van der Waals surface area contributed by atoms with Gasteiger partial charge in [-0.25, -0.2) is 0 Å². The molecule has 0 spiro atoms. The van der Waals surface area contributed by atoms with Gasteiger partial charge in [-0.05, 0) is 0 Å². The molecule has 0 bridgehead atoms. The van der Waals surface area contributed by atoms with E-state index in [1.54, 1.807) is 0 Å². The Hall–Kier alpha value is 0.323. The molecule has 1 rings (SSSR count). The van der Waals surface area contributed by atoms with Crippen LogP contribution in [0.15, 0.2) is 24.3 Å². The van der Waals surface area contributed by atoms with Crippen LogP contribution in [0.5, 0.6) is 0 Å². The molecule has 0 aromatic heterocycles. The molecule has 1 aliphatic rings. The Balaban J connectivity index is 2.29. The predicted molar refractivity (Wildman–Crippen MR) is 35.7 cm³/mol. The Morgan fingerprint density at radius 1 is 1.22 bits per heavy atom. The van der Waals surface area contributed by atoms with Crippen molar-refractivity contribution in [3.8, 4) is 0 Å². The summed E-state index contributed by atoms with van der Waals surface area (Å²) in [5, 5.41) is 0. The molecule has 0 N–H and O–H groups in total. The summed E-state index contributed by atoms with van der Waals surface area (Å²) in [6.07, 6.45) is 8.89. The minimum absolute atomic E-state index is 0.275. The van der Waals surface area contributed by atoms with E-state index in [1.165, 1.54) is 0 Å². The molecular formula is C7H11NZr. The maximum atomic E-state index is 2.37. The average molecular weight is 200 g/mol. The van der Waals surface area contributed by atoms with Crippen molar-refractivity contribution >= 4 is 0 Å². The van der Waals surface area contributed by atoms with E-state index in [1.807, 2.05) is 0 Å². The summed E-state index contributed by atoms with van der Waals surface area (Å²) in [5.74, 6) is 0. The normalized spacial score (nSPS) is 17.7. The standard InChI is InChI=1S/C5H5.C2H6N.Zr/c1-2-4-5-3-1;1-3-2;/h1-5H;1-2H3;/q;-1;+1. The molecule has 0 amide bonds. The van der Waals surface area contributed by atoms with E-state index in [9.17, 15) is 0 Å². The first kappa shape index (κ1) is 7.43. The molecule has 0 radical (unpaired) electrons. The molecule has 0 aliphatic heterocycles. The van der Waals surface area contributed by atoms with Gasteiger partial charge in [-0.15, -0.1) is 0 Å².